The number of aliphatic hydroxyl groups excluding tert-OH is 1. The zero-order valence-electron chi connectivity index (χ0n) is 9.85. The molecule has 1 atom stereocenters. The van der Waals surface area contributed by atoms with Crippen molar-refractivity contribution >= 4 is 11.8 Å². The van der Waals surface area contributed by atoms with E-state index in [4.69, 9.17) is 4.74 Å². The largest absolute Gasteiger partial charge is 0.387 e. The summed E-state index contributed by atoms with van der Waals surface area (Å²) in [5.41, 5.74) is 0.753. The zero-order valence-corrected chi connectivity index (χ0v) is 10.7. The zero-order chi connectivity index (χ0) is 11.8. The van der Waals surface area contributed by atoms with Crippen LogP contribution in [-0.2, 0) is 4.74 Å². The second kappa shape index (κ2) is 7.65. The molecule has 0 radical (unpaired) electrons. The number of thioether (sulfide) groups is 1. The lowest BCUT2D eigenvalue weighted by atomic mass is 10.2. The van der Waals surface area contributed by atoms with Gasteiger partial charge in [-0.05, 0) is 25.0 Å². The van der Waals surface area contributed by atoms with Crippen LogP contribution >= 0.6 is 11.8 Å². The topological polar surface area (TPSA) is 42.4 Å². The molecule has 0 aromatic carbocycles. The van der Waals surface area contributed by atoms with Crippen molar-refractivity contribution in [1.29, 1.82) is 0 Å². The summed E-state index contributed by atoms with van der Waals surface area (Å²) < 4.78 is 4.98. The molecule has 3 nitrogen and oxygen atoms in total. The number of rotatable bonds is 7. The first-order valence-electron chi connectivity index (χ1n) is 5.53. The van der Waals surface area contributed by atoms with E-state index in [1.807, 2.05) is 25.3 Å². The van der Waals surface area contributed by atoms with Gasteiger partial charge < -0.3 is 9.84 Å². The molecule has 4 heteroatoms. The monoisotopic (exact) mass is 241 g/mol. The van der Waals surface area contributed by atoms with Gasteiger partial charge in [-0.25, -0.2) is 0 Å². The highest BCUT2D eigenvalue weighted by molar-refractivity contribution is 7.99. The molecule has 0 spiro atoms. The Morgan fingerprint density at radius 3 is 2.88 bits per heavy atom. The number of ether oxygens (including phenoxy) is 1. The van der Waals surface area contributed by atoms with Gasteiger partial charge in [0.25, 0.3) is 0 Å². The van der Waals surface area contributed by atoms with Gasteiger partial charge in [0.2, 0.25) is 0 Å². The second-order valence-electron chi connectivity index (χ2n) is 3.54. The van der Waals surface area contributed by atoms with Gasteiger partial charge in [0, 0.05) is 30.6 Å². The van der Waals surface area contributed by atoms with Crippen LogP contribution in [0.25, 0.3) is 0 Å². The third-order valence-corrected chi connectivity index (χ3v) is 3.32. The van der Waals surface area contributed by atoms with E-state index in [0.717, 1.165) is 29.4 Å². The minimum absolute atomic E-state index is 0.437. The average molecular weight is 241 g/mol. The lowest BCUT2D eigenvalue weighted by molar-refractivity contribution is 0.169. The Morgan fingerprint density at radius 1 is 1.50 bits per heavy atom. The van der Waals surface area contributed by atoms with Crippen molar-refractivity contribution in [2.75, 3.05) is 19.5 Å². The first kappa shape index (κ1) is 13.5. The Balaban J connectivity index is 2.39. The van der Waals surface area contributed by atoms with Gasteiger partial charge >= 0.3 is 0 Å². The normalized spacial score (nSPS) is 12.7. The van der Waals surface area contributed by atoms with Gasteiger partial charge in [0.1, 0.15) is 0 Å². The van der Waals surface area contributed by atoms with Crippen molar-refractivity contribution in [3.8, 4) is 0 Å². The molecule has 1 heterocycles. The molecular formula is C12H19NO2S. The maximum Gasteiger partial charge on any atom is 0.0957 e. The van der Waals surface area contributed by atoms with Crippen LogP contribution in [0.2, 0.25) is 0 Å². The number of methoxy groups -OCH3 is 1. The van der Waals surface area contributed by atoms with Crippen LogP contribution in [0, 0.1) is 0 Å². The highest BCUT2D eigenvalue weighted by Crippen LogP contribution is 2.20. The quantitative estimate of drug-likeness (QED) is 0.588. The minimum Gasteiger partial charge on any atom is -0.387 e. The molecule has 0 saturated carbocycles. The molecule has 0 bridgehead atoms. The minimum atomic E-state index is -0.437. The molecule has 1 rings (SSSR count). The maximum atomic E-state index is 9.58. The number of hydrogen-bond donors (Lipinski definition) is 1. The summed E-state index contributed by atoms with van der Waals surface area (Å²) >= 11 is 1.76. The van der Waals surface area contributed by atoms with E-state index in [9.17, 15) is 5.11 Å². The van der Waals surface area contributed by atoms with E-state index >= 15 is 0 Å². The fourth-order valence-corrected chi connectivity index (χ4v) is 2.07. The first-order valence-corrected chi connectivity index (χ1v) is 6.52. The van der Waals surface area contributed by atoms with Crippen molar-refractivity contribution < 1.29 is 9.84 Å². The maximum absolute atomic E-state index is 9.58. The van der Waals surface area contributed by atoms with Gasteiger partial charge in [-0.3, -0.25) is 4.98 Å². The van der Waals surface area contributed by atoms with Crippen LogP contribution in [0.4, 0.5) is 0 Å². The number of aliphatic hydroxyl groups is 1. The Kier molecular flexibility index (Phi) is 6.45. The first-order chi connectivity index (χ1) is 7.77. The summed E-state index contributed by atoms with van der Waals surface area (Å²) in [4.78, 5) is 5.39. The van der Waals surface area contributed by atoms with Gasteiger partial charge in [0.05, 0.1) is 11.8 Å². The Labute approximate surface area is 101 Å². The number of aromatic nitrogens is 1. The van der Waals surface area contributed by atoms with Crippen LogP contribution in [0.3, 0.4) is 0 Å². The summed E-state index contributed by atoms with van der Waals surface area (Å²) in [5.74, 6) is 1.03. The van der Waals surface area contributed by atoms with Crippen LogP contribution in [0.5, 0.6) is 0 Å². The fraction of sp³-hybridized carbons (Fsp3) is 0.583. The Bertz CT molecular complexity index is 290. The molecule has 0 unspecified atom stereocenters. The molecular weight excluding hydrogens is 222 g/mol. The summed E-state index contributed by atoms with van der Waals surface area (Å²) in [6, 6.07) is 3.91. The standard InChI is InChI=1S/C12H19NO2S/c1-3-12(14)11-6-5-10(9-13-11)16-8-4-7-15-2/h5-6,9,12,14H,3-4,7-8H2,1-2H3/t12-/m0/s1. The molecule has 0 fully saturated rings. The van der Waals surface area contributed by atoms with E-state index in [-0.39, 0.29) is 0 Å². The molecule has 0 aliphatic heterocycles. The predicted molar refractivity (Wildman–Crippen MR) is 66.7 cm³/mol. The molecule has 0 aliphatic carbocycles. The van der Waals surface area contributed by atoms with E-state index in [0.29, 0.717) is 6.42 Å². The molecule has 0 saturated heterocycles. The Morgan fingerprint density at radius 2 is 2.31 bits per heavy atom. The van der Waals surface area contributed by atoms with Crippen molar-refractivity contribution in [2.24, 2.45) is 0 Å². The lowest BCUT2D eigenvalue weighted by Crippen LogP contribution is -1.98. The number of hydrogen-bond acceptors (Lipinski definition) is 4. The Hall–Kier alpha value is -0.580. The van der Waals surface area contributed by atoms with Crippen molar-refractivity contribution in [2.45, 2.75) is 30.8 Å². The van der Waals surface area contributed by atoms with Crippen molar-refractivity contribution in [3.05, 3.63) is 24.0 Å². The molecule has 1 aromatic rings. The summed E-state index contributed by atoms with van der Waals surface area (Å²) in [6.45, 7) is 2.74. The summed E-state index contributed by atoms with van der Waals surface area (Å²) in [7, 11) is 1.72. The van der Waals surface area contributed by atoms with Crippen LogP contribution in [0.15, 0.2) is 23.2 Å². The van der Waals surface area contributed by atoms with Gasteiger partial charge in [-0.2, -0.15) is 0 Å². The summed E-state index contributed by atoms with van der Waals surface area (Å²) in [6.07, 6.45) is 3.13. The highest BCUT2D eigenvalue weighted by atomic mass is 32.2. The van der Waals surface area contributed by atoms with Gasteiger partial charge in [-0.1, -0.05) is 6.92 Å². The van der Waals surface area contributed by atoms with Crippen LogP contribution < -0.4 is 0 Å². The molecule has 1 aromatic heterocycles. The van der Waals surface area contributed by atoms with E-state index < -0.39 is 6.10 Å². The van der Waals surface area contributed by atoms with Crippen molar-refractivity contribution in [1.82, 2.24) is 4.98 Å². The molecule has 0 amide bonds. The third-order valence-electron chi connectivity index (χ3n) is 2.25. The molecule has 1 N–H and O–H groups in total. The SMILES string of the molecule is CC[C@H](O)c1ccc(SCCCOC)cn1. The van der Waals surface area contributed by atoms with Crippen molar-refractivity contribution in [3.63, 3.8) is 0 Å². The van der Waals surface area contributed by atoms with Crippen LogP contribution in [-0.4, -0.2) is 29.6 Å². The van der Waals surface area contributed by atoms with Gasteiger partial charge in [0.15, 0.2) is 0 Å². The smallest absolute Gasteiger partial charge is 0.0957 e. The van der Waals surface area contributed by atoms with Crippen LogP contribution in [0.1, 0.15) is 31.6 Å². The number of pyridine rings is 1. The van der Waals surface area contributed by atoms with E-state index in [2.05, 4.69) is 4.98 Å². The molecule has 90 valence electrons. The average Bonchev–Trinajstić information content (AvgIpc) is 2.34. The van der Waals surface area contributed by atoms with E-state index in [1.165, 1.54) is 0 Å². The fourth-order valence-electron chi connectivity index (χ4n) is 1.28. The van der Waals surface area contributed by atoms with Gasteiger partial charge in [-0.15, -0.1) is 11.8 Å². The third kappa shape index (κ3) is 4.51. The van der Waals surface area contributed by atoms with E-state index in [1.54, 1.807) is 18.9 Å². The summed E-state index contributed by atoms with van der Waals surface area (Å²) in [5, 5.41) is 9.58. The molecule has 0 aliphatic rings. The predicted octanol–water partition coefficient (Wildman–Crippen LogP) is 2.65. The number of nitrogens with zero attached hydrogens (tertiary/aromatic N) is 1. The lowest BCUT2D eigenvalue weighted by Gasteiger charge is -2.07. The molecule has 16 heavy (non-hydrogen) atoms. The second-order valence-corrected chi connectivity index (χ2v) is 4.71. The highest BCUT2D eigenvalue weighted by Gasteiger charge is 2.05.